The minimum Gasteiger partial charge on any atom is -0.508 e. The molecule has 2 N–H and O–H groups in total. The predicted octanol–water partition coefficient (Wildman–Crippen LogP) is 3.68. The van der Waals surface area contributed by atoms with Gasteiger partial charge in [-0.05, 0) is 36.8 Å². The first-order chi connectivity index (χ1) is 12.1. The van der Waals surface area contributed by atoms with E-state index in [4.69, 9.17) is 0 Å². The molecule has 25 heavy (non-hydrogen) atoms. The van der Waals surface area contributed by atoms with E-state index in [0.717, 1.165) is 10.5 Å². The molecule has 0 atom stereocenters. The van der Waals surface area contributed by atoms with Gasteiger partial charge < -0.3 is 10.4 Å². The van der Waals surface area contributed by atoms with Crippen molar-refractivity contribution in [3.63, 3.8) is 0 Å². The molecule has 5 nitrogen and oxygen atoms in total. The number of aromatic hydroxyl groups is 1. The maximum atomic E-state index is 12.2. The fourth-order valence-electron chi connectivity index (χ4n) is 2.42. The monoisotopic (exact) mass is 353 g/mol. The summed E-state index contributed by atoms with van der Waals surface area (Å²) in [6, 6.07) is 16.8. The number of benzene rings is 2. The third-order valence-electron chi connectivity index (χ3n) is 3.61. The molecule has 2 aromatic carbocycles. The average molecular weight is 353 g/mol. The van der Waals surface area contributed by atoms with Gasteiger partial charge in [0.2, 0.25) is 5.91 Å². The van der Waals surface area contributed by atoms with E-state index in [9.17, 15) is 9.90 Å². The van der Waals surface area contributed by atoms with Crippen LogP contribution in [0.15, 0.2) is 65.7 Å². The molecule has 0 saturated heterocycles. The highest BCUT2D eigenvalue weighted by Crippen LogP contribution is 2.21. The number of carbonyl (C=O) groups excluding carboxylic acids is 1. The second-order valence-corrected chi connectivity index (χ2v) is 6.74. The third kappa shape index (κ3) is 4.87. The van der Waals surface area contributed by atoms with Crippen molar-refractivity contribution in [2.45, 2.75) is 18.4 Å². The van der Waals surface area contributed by atoms with E-state index >= 15 is 0 Å². The van der Waals surface area contributed by atoms with Crippen LogP contribution in [0.25, 0.3) is 0 Å². The smallest absolute Gasteiger partial charge is 0.235 e. The summed E-state index contributed by atoms with van der Waals surface area (Å²) in [4.78, 5) is 13.1. The standard InChI is InChI=1S/C19H19N3O2S/c1-14-3-2-4-15(11-14)12-22-18(9-10-20-22)21-19(24)13-25-17-7-5-16(23)6-8-17/h2-11,23H,12-13H2,1H3,(H,21,24). The van der Waals surface area contributed by atoms with Gasteiger partial charge in [-0.3, -0.25) is 4.79 Å². The summed E-state index contributed by atoms with van der Waals surface area (Å²) in [5.41, 5.74) is 2.33. The number of anilines is 1. The van der Waals surface area contributed by atoms with Gasteiger partial charge in [0.1, 0.15) is 11.6 Å². The van der Waals surface area contributed by atoms with Gasteiger partial charge >= 0.3 is 0 Å². The average Bonchev–Trinajstić information content (AvgIpc) is 3.01. The van der Waals surface area contributed by atoms with Crippen molar-refractivity contribution in [1.82, 2.24) is 9.78 Å². The number of phenols is 1. The van der Waals surface area contributed by atoms with Gasteiger partial charge in [0.05, 0.1) is 18.5 Å². The van der Waals surface area contributed by atoms with Crippen molar-refractivity contribution < 1.29 is 9.90 Å². The van der Waals surface area contributed by atoms with Crippen molar-refractivity contribution in [3.8, 4) is 5.75 Å². The molecule has 1 heterocycles. The van der Waals surface area contributed by atoms with Gasteiger partial charge in [-0.2, -0.15) is 5.10 Å². The molecule has 0 aliphatic heterocycles. The summed E-state index contributed by atoms with van der Waals surface area (Å²) in [5, 5.41) is 16.5. The molecule has 0 fully saturated rings. The number of hydrogen-bond acceptors (Lipinski definition) is 4. The Morgan fingerprint density at radius 1 is 1.20 bits per heavy atom. The van der Waals surface area contributed by atoms with E-state index in [1.807, 2.05) is 12.1 Å². The summed E-state index contributed by atoms with van der Waals surface area (Å²) in [5.74, 6) is 1.09. The lowest BCUT2D eigenvalue weighted by atomic mass is 10.1. The van der Waals surface area contributed by atoms with Crippen LogP contribution in [0.5, 0.6) is 5.75 Å². The number of nitrogens with zero attached hydrogens (tertiary/aromatic N) is 2. The zero-order chi connectivity index (χ0) is 17.6. The molecule has 0 radical (unpaired) electrons. The predicted molar refractivity (Wildman–Crippen MR) is 100.0 cm³/mol. The normalized spacial score (nSPS) is 10.6. The second kappa shape index (κ2) is 7.90. The highest BCUT2D eigenvalue weighted by molar-refractivity contribution is 8.00. The molecule has 0 saturated carbocycles. The van der Waals surface area contributed by atoms with Gasteiger partial charge in [0, 0.05) is 11.0 Å². The summed E-state index contributed by atoms with van der Waals surface area (Å²) in [6.07, 6.45) is 1.68. The van der Waals surface area contributed by atoms with Crippen LogP contribution in [0.1, 0.15) is 11.1 Å². The zero-order valence-corrected chi connectivity index (χ0v) is 14.7. The number of hydrogen-bond donors (Lipinski definition) is 2. The van der Waals surface area contributed by atoms with E-state index in [1.165, 1.54) is 17.3 Å². The molecule has 3 rings (SSSR count). The van der Waals surface area contributed by atoms with Crippen LogP contribution in [0.4, 0.5) is 5.82 Å². The van der Waals surface area contributed by atoms with Crippen molar-refractivity contribution in [2.75, 3.05) is 11.1 Å². The molecule has 1 amide bonds. The first-order valence-corrected chi connectivity index (χ1v) is 8.88. The van der Waals surface area contributed by atoms with E-state index in [1.54, 1.807) is 41.2 Å². The number of amides is 1. The van der Waals surface area contributed by atoms with Gasteiger partial charge in [-0.15, -0.1) is 11.8 Å². The lowest BCUT2D eigenvalue weighted by Gasteiger charge is -2.09. The number of nitrogens with one attached hydrogen (secondary N) is 1. The molecule has 6 heteroatoms. The fourth-order valence-corrected chi connectivity index (χ4v) is 3.12. The number of aromatic nitrogens is 2. The maximum absolute atomic E-state index is 12.2. The Kier molecular flexibility index (Phi) is 5.40. The van der Waals surface area contributed by atoms with Crippen molar-refractivity contribution in [1.29, 1.82) is 0 Å². The maximum Gasteiger partial charge on any atom is 0.235 e. The lowest BCUT2D eigenvalue weighted by molar-refractivity contribution is -0.113. The number of aryl methyl sites for hydroxylation is 1. The van der Waals surface area contributed by atoms with Crippen LogP contribution >= 0.6 is 11.8 Å². The third-order valence-corrected chi connectivity index (χ3v) is 4.62. The largest absolute Gasteiger partial charge is 0.508 e. The summed E-state index contributed by atoms with van der Waals surface area (Å²) < 4.78 is 1.78. The Labute approximate surface area is 150 Å². The number of rotatable bonds is 6. The van der Waals surface area contributed by atoms with Gasteiger partial charge in [0.25, 0.3) is 0 Å². The van der Waals surface area contributed by atoms with E-state index in [-0.39, 0.29) is 11.7 Å². The molecular formula is C19H19N3O2S. The molecule has 0 aliphatic rings. The molecule has 0 aliphatic carbocycles. The molecular weight excluding hydrogens is 334 g/mol. The second-order valence-electron chi connectivity index (χ2n) is 5.69. The Balaban J connectivity index is 1.58. The topological polar surface area (TPSA) is 67.2 Å². The summed E-state index contributed by atoms with van der Waals surface area (Å²) in [6.45, 7) is 2.66. The van der Waals surface area contributed by atoms with Gasteiger partial charge in [0.15, 0.2) is 0 Å². The van der Waals surface area contributed by atoms with Gasteiger partial charge in [-0.1, -0.05) is 29.8 Å². The summed E-state index contributed by atoms with van der Waals surface area (Å²) >= 11 is 1.42. The van der Waals surface area contributed by atoms with Crippen LogP contribution in [-0.4, -0.2) is 26.5 Å². The van der Waals surface area contributed by atoms with Crippen molar-refractivity contribution in [2.24, 2.45) is 0 Å². The Morgan fingerprint density at radius 2 is 2.00 bits per heavy atom. The number of phenolic OH excluding ortho intramolecular Hbond substituents is 1. The quantitative estimate of drug-likeness (QED) is 0.664. The fraction of sp³-hybridized carbons (Fsp3) is 0.158. The Hall–Kier alpha value is -2.73. The molecule has 0 unspecified atom stereocenters. The van der Waals surface area contributed by atoms with Gasteiger partial charge in [-0.25, -0.2) is 4.68 Å². The molecule has 1 aromatic heterocycles. The minimum absolute atomic E-state index is 0.0935. The number of carbonyl (C=O) groups is 1. The summed E-state index contributed by atoms with van der Waals surface area (Å²) in [7, 11) is 0. The van der Waals surface area contributed by atoms with Crippen LogP contribution in [-0.2, 0) is 11.3 Å². The first-order valence-electron chi connectivity index (χ1n) is 7.89. The van der Waals surface area contributed by atoms with Crippen LogP contribution in [0.3, 0.4) is 0 Å². The van der Waals surface area contributed by atoms with Crippen molar-refractivity contribution in [3.05, 3.63) is 71.9 Å². The Morgan fingerprint density at radius 3 is 2.76 bits per heavy atom. The van der Waals surface area contributed by atoms with E-state index < -0.39 is 0 Å². The zero-order valence-electron chi connectivity index (χ0n) is 13.8. The van der Waals surface area contributed by atoms with E-state index in [0.29, 0.717) is 18.1 Å². The SMILES string of the molecule is Cc1cccc(Cn2nccc2NC(=O)CSc2ccc(O)cc2)c1. The van der Waals surface area contributed by atoms with Crippen LogP contribution in [0.2, 0.25) is 0 Å². The highest BCUT2D eigenvalue weighted by Gasteiger charge is 2.09. The number of thioether (sulfide) groups is 1. The van der Waals surface area contributed by atoms with E-state index in [2.05, 4.69) is 29.5 Å². The minimum atomic E-state index is -0.0935. The molecule has 3 aromatic rings. The lowest BCUT2D eigenvalue weighted by Crippen LogP contribution is -2.17. The molecule has 0 spiro atoms. The Bertz CT molecular complexity index is 859. The first kappa shape index (κ1) is 17.1. The van der Waals surface area contributed by atoms with Crippen molar-refractivity contribution >= 4 is 23.5 Å². The molecule has 128 valence electrons. The van der Waals surface area contributed by atoms with Crippen LogP contribution < -0.4 is 5.32 Å². The molecule has 0 bridgehead atoms. The highest BCUT2D eigenvalue weighted by atomic mass is 32.2. The van der Waals surface area contributed by atoms with Crippen LogP contribution in [0, 0.1) is 6.92 Å².